The highest BCUT2D eigenvalue weighted by Crippen LogP contribution is 2.44. The van der Waals surface area contributed by atoms with Crippen LogP contribution in [0.1, 0.15) is 28.1 Å². The maximum absolute atomic E-state index is 11.6. The molecule has 4 nitrogen and oxygen atoms in total. The zero-order chi connectivity index (χ0) is 19.5. The molecule has 1 aliphatic rings. The van der Waals surface area contributed by atoms with Crippen LogP contribution >= 0.6 is 34.4 Å². The van der Waals surface area contributed by atoms with Gasteiger partial charge >= 0.3 is 5.97 Å². The molecule has 0 spiro atoms. The van der Waals surface area contributed by atoms with Gasteiger partial charge in [0.15, 0.2) is 0 Å². The Kier molecular flexibility index (Phi) is 5.62. The second kappa shape index (κ2) is 8.31. The molecule has 0 unspecified atom stereocenters. The maximum Gasteiger partial charge on any atom is 0.316 e. The van der Waals surface area contributed by atoms with Gasteiger partial charge in [0, 0.05) is 15.3 Å². The van der Waals surface area contributed by atoms with Gasteiger partial charge in [-0.1, -0.05) is 23.9 Å². The van der Waals surface area contributed by atoms with Crippen molar-refractivity contribution in [2.45, 2.75) is 17.9 Å². The normalized spacial score (nSPS) is 14.1. The molecule has 0 radical (unpaired) electrons. The van der Waals surface area contributed by atoms with Crippen molar-refractivity contribution in [1.29, 1.82) is 5.26 Å². The molecule has 3 aromatic rings. The Bertz CT molecular complexity index is 1080. The van der Waals surface area contributed by atoms with Crippen LogP contribution in [0.4, 0.5) is 0 Å². The fourth-order valence-corrected chi connectivity index (χ4v) is 5.57. The number of aromatic nitrogens is 1. The molecule has 1 aliphatic carbocycles. The topological polar surface area (TPSA) is 63.0 Å². The summed E-state index contributed by atoms with van der Waals surface area (Å²) in [6.45, 7) is 0. The minimum absolute atomic E-state index is 0.130. The highest BCUT2D eigenvalue weighted by atomic mass is 32.2. The number of hydrogen-bond donors (Lipinski definition) is 0. The number of fused-ring (bicyclic) bond motifs is 1. The lowest BCUT2D eigenvalue weighted by molar-refractivity contribution is -0.137. The number of carbonyl (C=O) groups excluding carboxylic acids is 1. The van der Waals surface area contributed by atoms with Crippen LogP contribution in [-0.4, -0.2) is 23.8 Å². The van der Waals surface area contributed by atoms with Crippen LogP contribution < -0.4 is 0 Å². The largest absolute Gasteiger partial charge is 0.468 e. The molecule has 0 fully saturated rings. The van der Waals surface area contributed by atoms with Gasteiger partial charge in [0.05, 0.1) is 24.1 Å². The zero-order valence-corrected chi connectivity index (χ0v) is 17.5. The molecular formula is C21H16N2O2S3. The summed E-state index contributed by atoms with van der Waals surface area (Å²) in [5.41, 5.74) is 4.77. The van der Waals surface area contributed by atoms with Gasteiger partial charge in [-0.15, -0.1) is 22.7 Å². The predicted molar refractivity (Wildman–Crippen MR) is 116 cm³/mol. The molecule has 28 heavy (non-hydrogen) atoms. The van der Waals surface area contributed by atoms with Gasteiger partial charge in [-0.2, -0.15) is 5.26 Å². The minimum atomic E-state index is -0.330. The van der Waals surface area contributed by atoms with Crippen molar-refractivity contribution in [3.8, 4) is 16.5 Å². The summed E-state index contributed by atoms with van der Waals surface area (Å²) in [6.07, 6.45) is 3.94. The summed E-state index contributed by atoms with van der Waals surface area (Å²) >= 11 is 4.58. The molecule has 0 aromatic carbocycles. The van der Waals surface area contributed by atoms with Crippen LogP contribution in [0, 0.1) is 11.3 Å². The lowest BCUT2D eigenvalue weighted by Gasteiger charge is -2.13. The summed E-state index contributed by atoms with van der Waals surface area (Å²) in [6, 6.07) is 10.5. The van der Waals surface area contributed by atoms with Crippen molar-refractivity contribution in [1.82, 2.24) is 4.98 Å². The summed E-state index contributed by atoms with van der Waals surface area (Å²) in [7, 11) is 1.36. The third-order valence-corrected chi connectivity index (χ3v) is 7.16. The molecular weight excluding hydrogens is 408 g/mol. The number of hydrogen-bond acceptors (Lipinski definition) is 7. The van der Waals surface area contributed by atoms with E-state index in [-0.39, 0.29) is 11.7 Å². The van der Waals surface area contributed by atoms with E-state index in [0.29, 0.717) is 10.6 Å². The first-order valence-corrected chi connectivity index (χ1v) is 11.4. The zero-order valence-electron chi connectivity index (χ0n) is 15.1. The van der Waals surface area contributed by atoms with E-state index in [9.17, 15) is 10.1 Å². The van der Waals surface area contributed by atoms with Crippen LogP contribution in [0.5, 0.6) is 0 Å². The highest BCUT2D eigenvalue weighted by molar-refractivity contribution is 7.99. The summed E-state index contributed by atoms with van der Waals surface area (Å²) in [5.74, 6) is -0.201. The second-order valence-corrected chi connectivity index (χ2v) is 9.02. The van der Waals surface area contributed by atoms with Gasteiger partial charge < -0.3 is 4.74 Å². The fourth-order valence-electron chi connectivity index (χ4n) is 3.26. The van der Waals surface area contributed by atoms with Crippen molar-refractivity contribution >= 4 is 52.1 Å². The molecule has 0 bridgehead atoms. The molecule has 0 atom stereocenters. The third kappa shape index (κ3) is 3.63. The number of ether oxygens (including phenoxy) is 1. The number of allylic oxidation sites excluding steroid dienone is 1. The Morgan fingerprint density at radius 3 is 2.82 bits per heavy atom. The molecule has 4 rings (SSSR count). The number of thiophene rings is 2. The minimum Gasteiger partial charge on any atom is -0.468 e. The summed E-state index contributed by atoms with van der Waals surface area (Å²) in [4.78, 5) is 18.7. The quantitative estimate of drug-likeness (QED) is 0.400. The Hall–Kier alpha value is -2.40. The molecule has 0 amide bonds. The smallest absolute Gasteiger partial charge is 0.316 e. The van der Waals surface area contributed by atoms with Crippen LogP contribution in [0.25, 0.3) is 22.1 Å². The first-order chi connectivity index (χ1) is 13.7. The number of pyridine rings is 1. The summed E-state index contributed by atoms with van der Waals surface area (Å²) < 4.78 is 4.75. The van der Waals surface area contributed by atoms with Crippen molar-refractivity contribution in [3.05, 3.63) is 56.7 Å². The lowest BCUT2D eigenvalue weighted by atomic mass is 10.0. The number of nitrogens with zero attached hydrogens (tertiary/aromatic N) is 2. The average molecular weight is 425 g/mol. The number of carbonyl (C=O) groups is 1. The Morgan fingerprint density at radius 1 is 1.32 bits per heavy atom. The van der Waals surface area contributed by atoms with E-state index in [2.05, 4.69) is 23.6 Å². The van der Waals surface area contributed by atoms with E-state index in [1.807, 2.05) is 23.6 Å². The van der Waals surface area contributed by atoms with E-state index in [4.69, 9.17) is 9.72 Å². The molecule has 0 saturated carbocycles. The van der Waals surface area contributed by atoms with Crippen molar-refractivity contribution in [3.63, 3.8) is 0 Å². The van der Waals surface area contributed by atoms with Crippen LogP contribution in [0.2, 0.25) is 0 Å². The Morgan fingerprint density at radius 2 is 2.14 bits per heavy atom. The first kappa shape index (κ1) is 18.9. The Balaban J connectivity index is 1.87. The first-order valence-electron chi connectivity index (χ1n) is 8.66. The number of nitriles is 1. The van der Waals surface area contributed by atoms with Crippen LogP contribution in [0.15, 0.2) is 40.1 Å². The predicted octanol–water partition coefficient (Wildman–Crippen LogP) is 5.50. The van der Waals surface area contributed by atoms with E-state index in [1.54, 1.807) is 22.7 Å². The monoisotopic (exact) mass is 424 g/mol. The second-order valence-electron chi connectivity index (χ2n) is 6.13. The number of thioether (sulfide) groups is 1. The lowest BCUT2D eigenvalue weighted by Crippen LogP contribution is -2.05. The Labute approximate surface area is 175 Å². The average Bonchev–Trinajstić information content (AvgIpc) is 3.48. The maximum atomic E-state index is 11.6. The van der Waals surface area contributed by atoms with E-state index in [0.717, 1.165) is 34.5 Å². The number of rotatable bonds is 5. The van der Waals surface area contributed by atoms with Crippen molar-refractivity contribution in [2.24, 2.45) is 0 Å². The molecule has 0 aliphatic heterocycles. The number of methoxy groups -OCH3 is 1. The fraction of sp³-hybridized carbons (Fsp3) is 0.190. The van der Waals surface area contributed by atoms with E-state index >= 15 is 0 Å². The van der Waals surface area contributed by atoms with Gasteiger partial charge in [0.1, 0.15) is 11.1 Å². The van der Waals surface area contributed by atoms with Gasteiger partial charge in [-0.25, -0.2) is 4.98 Å². The van der Waals surface area contributed by atoms with E-state index in [1.165, 1.54) is 29.3 Å². The van der Waals surface area contributed by atoms with Crippen LogP contribution in [-0.2, 0) is 16.0 Å². The van der Waals surface area contributed by atoms with Crippen LogP contribution in [0.3, 0.4) is 0 Å². The van der Waals surface area contributed by atoms with E-state index < -0.39 is 0 Å². The molecule has 3 aromatic heterocycles. The molecule has 140 valence electrons. The van der Waals surface area contributed by atoms with Crippen molar-refractivity contribution < 1.29 is 9.53 Å². The van der Waals surface area contributed by atoms with Crippen molar-refractivity contribution in [2.75, 3.05) is 12.9 Å². The third-order valence-electron chi connectivity index (χ3n) is 4.51. The standard InChI is InChI=1S/C21H16N2O2S3/c1-25-18(24)12-28-21-16(11-22)19(17-5-3-9-27-17)15-7-6-13(20(15)23-21)10-14-4-2-8-26-14/h2-5,8-10H,6-7,12H2,1H3/b13-10+. The summed E-state index contributed by atoms with van der Waals surface area (Å²) in [5, 5.41) is 14.6. The molecule has 0 N–H and O–H groups in total. The van der Waals surface area contributed by atoms with Gasteiger partial charge in [-0.05, 0) is 52.9 Å². The number of esters is 1. The molecule has 3 heterocycles. The van der Waals surface area contributed by atoms with Gasteiger partial charge in [-0.3, -0.25) is 4.79 Å². The van der Waals surface area contributed by atoms with Gasteiger partial charge in [0.25, 0.3) is 0 Å². The highest BCUT2D eigenvalue weighted by Gasteiger charge is 2.28. The molecule has 0 saturated heterocycles. The molecule has 7 heteroatoms. The SMILES string of the molecule is COC(=O)CSc1nc2c(c(-c3cccs3)c1C#N)CC/C2=C\c1cccs1. The van der Waals surface area contributed by atoms with Gasteiger partial charge in [0.2, 0.25) is 0 Å².